The van der Waals surface area contributed by atoms with Gasteiger partial charge in [-0.1, -0.05) is 0 Å². The fourth-order valence-electron chi connectivity index (χ4n) is 7.83. The summed E-state index contributed by atoms with van der Waals surface area (Å²) in [5.41, 5.74) is 0. The molecule has 5 rings (SSSR count). The van der Waals surface area contributed by atoms with Crippen molar-refractivity contribution in [2.75, 3.05) is 33.0 Å². The average Bonchev–Trinajstić information content (AvgIpc) is 3.23. The Morgan fingerprint density at radius 3 is 1.27 bits per heavy atom. The van der Waals surface area contributed by atoms with E-state index < -0.39 is 198 Å². The third-order valence-electron chi connectivity index (χ3n) is 11.1. The molecule has 28 nitrogen and oxygen atoms in total. The molecule has 0 unspecified atom stereocenters. The van der Waals surface area contributed by atoms with Gasteiger partial charge in [0.1, 0.15) is 122 Å². The molecule has 62 heavy (non-hydrogen) atoms. The molecule has 0 aromatic rings. The highest BCUT2D eigenvalue weighted by Crippen LogP contribution is 2.36. The summed E-state index contributed by atoms with van der Waals surface area (Å²) >= 11 is 0. The number of carbonyl (C=O) groups excluding carboxylic acids is 2. The molecule has 0 aliphatic carbocycles. The number of amides is 2. The van der Waals surface area contributed by atoms with Crippen LogP contribution < -0.4 is 10.6 Å². The van der Waals surface area contributed by atoms with Gasteiger partial charge in [0, 0.05) is 13.8 Å². The second-order valence-corrected chi connectivity index (χ2v) is 15.4. The normalized spacial score (nSPS) is 49.0. The van der Waals surface area contributed by atoms with E-state index in [2.05, 4.69) is 10.6 Å². The number of hydrogen-bond acceptors (Lipinski definition) is 26. The molecule has 0 radical (unpaired) electrons. The summed E-state index contributed by atoms with van der Waals surface area (Å²) < 4.78 is 50.8. The Hall–Kier alpha value is -2.02. The fraction of sp³-hybridized carbons (Fsp3) is 0.941. The Balaban J connectivity index is 1.38. The molecule has 0 aromatic heterocycles. The molecule has 5 saturated heterocycles. The van der Waals surface area contributed by atoms with Crippen LogP contribution >= 0.6 is 0 Å². The van der Waals surface area contributed by atoms with Crippen LogP contribution in [0.5, 0.6) is 0 Å². The third kappa shape index (κ3) is 10.8. The van der Waals surface area contributed by atoms with E-state index in [0.717, 1.165) is 13.8 Å². The molecule has 17 N–H and O–H groups in total. The van der Waals surface area contributed by atoms with Gasteiger partial charge in [0.2, 0.25) is 11.8 Å². The SMILES string of the molecule is CC(=O)N[C@H]1[C@H](O[C@H]2[C@@H](O)[C@@H](CO)O[C@@H](O[C@H]3[C@@H](O)[C@@H](CO)O[C@H](O[C@@H]4[C@H](O)[C@@H](O)[C@H](O[C@H]5[C@H](O)[C@@H](O)[C@H](O)O[C@@H]5CO)O[C@@H]4CO)[C@@H]3O)[C@@H]2NC(C)=O)O[C@H](CO)[C@H](O)[C@@H]1O. The minimum absolute atomic E-state index is 0.730. The molecular formula is C34H58N2O26. The molecule has 5 fully saturated rings. The van der Waals surface area contributed by atoms with Crippen molar-refractivity contribution in [2.24, 2.45) is 0 Å². The van der Waals surface area contributed by atoms with Crippen LogP contribution in [-0.4, -0.2) is 275 Å². The molecule has 5 heterocycles. The van der Waals surface area contributed by atoms with Crippen molar-refractivity contribution in [1.82, 2.24) is 10.6 Å². The molecule has 2 amide bonds. The van der Waals surface area contributed by atoms with E-state index in [1.54, 1.807) is 0 Å². The average molecular weight is 911 g/mol. The maximum atomic E-state index is 12.6. The van der Waals surface area contributed by atoms with E-state index >= 15 is 0 Å². The largest absolute Gasteiger partial charge is 0.394 e. The third-order valence-corrected chi connectivity index (χ3v) is 11.1. The van der Waals surface area contributed by atoms with E-state index in [9.17, 15) is 86.2 Å². The van der Waals surface area contributed by atoms with Crippen LogP contribution in [0, 0.1) is 0 Å². The van der Waals surface area contributed by atoms with Crippen molar-refractivity contribution in [1.29, 1.82) is 0 Å². The molecule has 5 aliphatic rings. The lowest BCUT2D eigenvalue weighted by Gasteiger charge is -2.50. The van der Waals surface area contributed by atoms with Gasteiger partial charge in [-0.25, -0.2) is 0 Å². The number of aliphatic hydroxyl groups is 15. The van der Waals surface area contributed by atoms with Crippen LogP contribution in [0.4, 0.5) is 0 Å². The van der Waals surface area contributed by atoms with Crippen molar-refractivity contribution < 1.29 is 129 Å². The molecule has 0 aromatic carbocycles. The first kappa shape index (κ1) is 51.0. The quantitative estimate of drug-likeness (QED) is 0.0725. The summed E-state index contributed by atoms with van der Waals surface area (Å²) in [4.78, 5) is 24.6. The van der Waals surface area contributed by atoms with Gasteiger partial charge in [-0.2, -0.15) is 0 Å². The van der Waals surface area contributed by atoms with E-state index in [1.807, 2.05) is 0 Å². The second kappa shape index (κ2) is 22.0. The maximum absolute atomic E-state index is 12.6. The first-order valence-electron chi connectivity index (χ1n) is 19.6. The van der Waals surface area contributed by atoms with Crippen molar-refractivity contribution in [3.05, 3.63) is 0 Å². The highest BCUT2D eigenvalue weighted by atomic mass is 16.8. The molecule has 360 valence electrons. The zero-order chi connectivity index (χ0) is 45.9. The Morgan fingerprint density at radius 1 is 0.387 bits per heavy atom. The van der Waals surface area contributed by atoms with Crippen molar-refractivity contribution in [3.63, 3.8) is 0 Å². The first-order chi connectivity index (χ1) is 29.3. The van der Waals surface area contributed by atoms with Gasteiger partial charge in [0.05, 0.1) is 33.0 Å². The predicted molar refractivity (Wildman–Crippen MR) is 190 cm³/mol. The Bertz CT molecular complexity index is 1440. The summed E-state index contributed by atoms with van der Waals surface area (Å²) in [5.74, 6) is -1.54. The van der Waals surface area contributed by atoms with Crippen LogP contribution in [0.2, 0.25) is 0 Å². The van der Waals surface area contributed by atoms with Crippen molar-refractivity contribution in [2.45, 2.75) is 167 Å². The molecular weight excluding hydrogens is 852 g/mol. The van der Waals surface area contributed by atoms with Crippen LogP contribution in [0.1, 0.15) is 13.8 Å². The Morgan fingerprint density at radius 2 is 0.758 bits per heavy atom. The zero-order valence-electron chi connectivity index (χ0n) is 33.2. The molecule has 25 atom stereocenters. The summed E-state index contributed by atoms with van der Waals surface area (Å²) in [7, 11) is 0. The number of carbonyl (C=O) groups is 2. The predicted octanol–water partition coefficient (Wildman–Crippen LogP) is -11.6. The van der Waals surface area contributed by atoms with Crippen LogP contribution in [0.25, 0.3) is 0 Å². The lowest BCUT2D eigenvalue weighted by atomic mass is 9.93. The molecule has 0 saturated carbocycles. The van der Waals surface area contributed by atoms with E-state index in [-0.39, 0.29) is 0 Å². The summed E-state index contributed by atoms with van der Waals surface area (Å²) in [6.45, 7) is -2.53. The lowest BCUT2D eigenvalue weighted by Crippen LogP contribution is -2.71. The van der Waals surface area contributed by atoms with Crippen molar-refractivity contribution >= 4 is 11.8 Å². The van der Waals surface area contributed by atoms with E-state index in [4.69, 9.17) is 42.6 Å². The van der Waals surface area contributed by atoms with Crippen LogP contribution in [0.3, 0.4) is 0 Å². The van der Waals surface area contributed by atoms with Gasteiger partial charge in [-0.05, 0) is 0 Å². The highest BCUT2D eigenvalue weighted by molar-refractivity contribution is 5.73. The minimum Gasteiger partial charge on any atom is -0.394 e. The van der Waals surface area contributed by atoms with Crippen LogP contribution in [-0.2, 0) is 52.2 Å². The van der Waals surface area contributed by atoms with Gasteiger partial charge >= 0.3 is 0 Å². The highest BCUT2D eigenvalue weighted by Gasteiger charge is 2.57. The van der Waals surface area contributed by atoms with E-state index in [1.165, 1.54) is 0 Å². The van der Waals surface area contributed by atoms with Gasteiger partial charge in [-0.3, -0.25) is 9.59 Å². The first-order valence-corrected chi connectivity index (χ1v) is 19.6. The van der Waals surface area contributed by atoms with Gasteiger partial charge in [0.15, 0.2) is 31.5 Å². The van der Waals surface area contributed by atoms with Crippen molar-refractivity contribution in [3.8, 4) is 0 Å². The fourth-order valence-corrected chi connectivity index (χ4v) is 7.83. The monoisotopic (exact) mass is 910 g/mol. The second-order valence-electron chi connectivity index (χ2n) is 15.4. The van der Waals surface area contributed by atoms with Gasteiger partial charge in [0.25, 0.3) is 0 Å². The number of hydrogen-bond donors (Lipinski definition) is 17. The van der Waals surface area contributed by atoms with Gasteiger partial charge in [-0.15, -0.1) is 0 Å². The summed E-state index contributed by atoms with van der Waals surface area (Å²) in [6, 6.07) is -3.23. The Labute approximate surface area is 351 Å². The van der Waals surface area contributed by atoms with Gasteiger partial charge < -0.3 is 130 Å². The number of aliphatic hydroxyl groups excluding tert-OH is 15. The number of rotatable bonds is 15. The van der Waals surface area contributed by atoms with Crippen LogP contribution in [0.15, 0.2) is 0 Å². The maximum Gasteiger partial charge on any atom is 0.217 e. The standard InChI is InChI=1S/C34H58N2O26/c1-8(42)35-15-20(47)17(44)10(3-37)55-31(15)61-28-16(36-9(2)43)32(56-11(4-38)18(28)45)62-29-19(46)12(5-39)57-34(25(29)52)60-27-14(7-41)58-33(24(51)22(27)49)59-26-13(6-40)54-30(53)23(50)21(26)48/h10-34,37-41,44-53H,3-7H2,1-2H3,(H,35,42)(H,36,43)/t10-,11-,12-,13-,14-,15-,16-,17+,18+,19+,20-,21-,22-,23-,24-,25-,26-,27+,28-,29+,30-,31+,32+,33+,34-/m1/s1. The summed E-state index contributed by atoms with van der Waals surface area (Å²) in [5, 5.41) is 163. The topological polar surface area (TPSA) is 445 Å². The van der Waals surface area contributed by atoms with E-state index in [0.29, 0.717) is 0 Å². The zero-order valence-corrected chi connectivity index (χ0v) is 33.2. The minimum atomic E-state index is -2.16. The number of nitrogens with one attached hydrogen (secondary N) is 2. The molecule has 5 aliphatic heterocycles. The molecule has 0 bridgehead atoms. The lowest BCUT2D eigenvalue weighted by molar-refractivity contribution is -0.387. The number of ether oxygens (including phenoxy) is 9. The summed E-state index contributed by atoms with van der Waals surface area (Å²) in [6.07, 6.45) is -42.3. The smallest absolute Gasteiger partial charge is 0.217 e. The molecule has 0 spiro atoms. The Kier molecular flexibility index (Phi) is 18.1. The molecule has 28 heteroatoms.